The number of aromatic nitrogens is 2. The van der Waals surface area contributed by atoms with E-state index in [1.807, 2.05) is 4.90 Å². The number of carbonyl (C=O) groups excluding carboxylic acids is 1. The van der Waals surface area contributed by atoms with E-state index in [0.29, 0.717) is 12.4 Å². The number of amides is 1. The molecule has 1 amide bonds. The first kappa shape index (κ1) is 19.2. The first-order valence-corrected chi connectivity index (χ1v) is 7.26. The Kier molecular flexibility index (Phi) is 7.55. The van der Waals surface area contributed by atoms with Crippen LogP contribution in [0.1, 0.15) is 24.6 Å². The number of aryl methyl sites for hydroxylation is 1. The predicted octanol–water partition coefficient (Wildman–Crippen LogP) is 0.618. The molecule has 0 spiro atoms. The van der Waals surface area contributed by atoms with E-state index in [1.165, 1.54) is 0 Å². The third-order valence-electron chi connectivity index (χ3n) is 3.98. The smallest absolute Gasteiger partial charge is 0.239 e. The molecule has 2 fully saturated rings. The van der Waals surface area contributed by atoms with Crippen LogP contribution in [0.3, 0.4) is 0 Å². The standard InChI is InChI=1S/C13H21N5O2.2ClH/c1-10-15-12(16-20-10)9-17-5-7-18(8-6-17)13(19)11-3-2-4-14-11;;/h11,14H,2-9H2,1H3;2*1H. The molecule has 3 rings (SSSR count). The Bertz CT molecular complexity index is 471. The lowest BCUT2D eigenvalue weighted by Gasteiger charge is -2.35. The first-order chi connectivity index (χ1) is 9.72. The van der Waals surface area contributed by atoms with E-state index in [2.05, 4.69) is 20.4 Å². The molecule has 2 aliphatic rings. The summed E-state index contributed by atoms with van der Waals surface area (Å²) in [5, 5.41) is 7.18. The van der Waals surface area contributed by atoms with Crippen LogP contribution in [0.2, 0.25) is 0 Å². The Morgan fingerprint density at radius 3 is 2.59 bits per heavy atom. The Hall–Kier alpha value is -0.890. The van der Waals surface area contributed by atoms with Crippen molar-refractivity contribution < 1.29 is 9.32 Å². The first-order valence-electron chi connectivity index (χ1n) is 7.26. The number of rotatable bonds is 3. The number of hydrogen-bond acceptors (Lipinski definition) is 6. The van der Waals surface area contributed by atoms with Crippen molar-refractivity contribution in [1.29, 1.82) is 0 Å². The minimum atomic E-state index is 0. The van der Waals surface area contributed by atoms with Gasteiger partial charge in [0.2, 0.25) is 11.8 Å². The lowest BCUT2D eigenvalue weighted by Crippen LogP contribution is -2.52. The predicted molar refractivity (Wildman–Crippen MR) is 86.4 cm³/mol. The number of nitrogens with one attached hydrogen (secondary N) is 1. The van der Waals surface area contributed by atoms with Gasteiger partial charge in [-0.2, -0.15) is 4.98 Å². The van der Waals surface area contributed by atoms with Gasteiger partial charge < -0.3 is 14.7 Å². The molecule has 1 aromatic heterocycles. The van der Waals surface area contributed by atoms with Gasteiger partial charge in [0.1, 0.15) is 0 Å². The van der Waals surface area contributed by atoms with Gasteiger partial charge in [-0.15, -0.1) is 24.8 Å². The van der Waals surface area contributed by atoms with Gasteiger partial charge in [-0.25, -0.2) is 0 Å². The summed E-state index contributed by atoms with van der Waals surface area (Å²) in [6.45, 7) is 6.76. The molecule has 0 aromatic carbocycles. The summed E-state index contributed by atoms with van der Waals surface area (Å²) in [5.74, 6) is 1.58. The highest BCUT2D eigenvalue weighted by Crippen LogP contribution is 2.12. The highest BCUT2D eigenvalue weighted by Gasteiger charge is 2.29. The maximum absolute atomic E-state index is 12.3. The monoisotopic (exact) mass is 351 g/mol. The van der Waals surface area contributed by atoms with Gasteiger partial charge >= 0.3 is 0 Å². The van der Waals surface area contributed by atoms with Crippen molar-refractivity contribution in [3.63, 3.8) is 0 Å². The number of halogens is 2. The molecule has 3 heterocycles. The Balaban J connectivity index is 0.00000121. The van der Waals surface area contributed by atoms with Crippen LogP contribution >= 0.6 is 24.8 Å². The molecule has 126 valence electrons. The van der Waals surface area contributed by atoms with Crippen molar-refractivity contribution in [2.24, 2.45) is 0 Å². The van der Waals surface area contributed by atoms with Crippen molar-refractivity contribution in [2.45, 2.75) is 32.4 Å². The summed E-state index contributed by atoms with van der Waals surface area (Å²) in [6.07, 6.45) is 2.08. The largest absolute Gasteiger partial charge is 0.340 e. The molecule has 1 atom stereocenters. The van der Waals surface area contributed by atoms with Crippen LogP contribution < -0.4 is 5.32 Å². The highest BCUT2D eigenvalue weighted by molar-refractivity contribution is 5.85. The molecule has 22 heavy (non-hydrogen) atoms. The topological polar surface area (TPSA) is 74.5 Å². The molecule has 2 saturated heterocycles. The zero-order chi connectivity index (χ0) is 13.9. The molecular formula is C13H23Cl2N5O2. The van der Waals surface area contributed by atoms with Crippen LogP contribution in [0.15, 0.2) is 4.52 Å². The van der Waals surface area contributed by atoms with E-state index in [-0.39, 0.29) is 36.8 Å². The molecular weight excluding hydrogens is 329 g/mol. The summed E-state index contributed by atoms with van der Waals surface area (Å²) in [5.41, 5.74) is 0. The summed E-state index contributed by atoms with van der Waals surface area (Å²) in [4.78, 5) is 20.7. The summed E-state index contributed by atoms with van der Waals surface area (Å²) >= 11 is 0. The van der Waals surface area contributed by atoms with E-state index in [1.54, 1.807) is 6.92 Å². The Labute approximate surface area is 142 Å². The molecule has 1 N–H and O–H groups in total. The van der Waals surface area contributed by atoms with Crippen LogP contribution in [-0.4, -0.2) is 64.6 Å². The van der Waals surface area contributed by atoms with Gasteiger partial charge in [0.25, 0.3) is 0 Å². The minimum Gasteiger partial charge on any atom is -0.340 e. The van der Waals surface area contributed by atoms with Crippen LogP contribution in [0.5, 0.6) is 0 Å². The van der Waals surface area contributed by atoms with E-state index in [4.69, 9.17) is 4.52 Å². The van der Waals surface area contributed by atoms with Gasteiger partial charge in [-0.3, -0.25) is 9.69 Å². The van der Waals surface area contributed by atoms with Gasteiger partial charge in [0.05, 0.1) is 12.6 Å². The van der Waals surface area contributed by atoms with Crippen LogP contribution in [0, 0.1) is 6.92 Å². The quantitative estimate of drug-likeness (QED) is 0.860. The van der Waals surface area contributed by atoms with E-state index < -0.39 is 0 Å². The summed E-state index contributed by atoms with van der Waals surface area (Å²) < 4.78 is 4.97. The van der Waals surface area contributed by atoms with E-state index >= 15 is 0 Å². The summed E-state index contributed by atoms with van der Waals surface area (Å²) in [7, 11) is 0. The fraction of sp³-hybridized carbons (Fsp3) is 0.769. The molecule has 1 unspecified atom stereocenters. The van der Waals surface area contributed by atoms with Gasteiger partial charge in [0, 0.05) is 33.1 Å². The second-order valence-electron chi connectivity index (χ2n) is 5.48. The average molecular weight is 352 g/mol. The van der Waals surface area contributed by atoms with E-state index in [9.17, 15) is 4.79 Å². The number of hydrogen-bond donors (Lipinski definition) is 1. The zero-order valence-electron chi connectivity index (χ0n) is 12.7. The molecule has 0 bridgehead atoms. The third-order valence-corrected chi connectivity index (χ3v) is 3.98. The van der Waals surface area contributed by atoms with Gasteiger partial charge in [-0.1, -0.05) is 5.16 Å². The normalized spacial score (nSPS) is 22.0. The van der Waals surface area contributed by atoms with E-state index in [0.717, 1.165) is 51.4 Å². The minimum absolute atomic E-state index is 0. The molecule has 2 aliphatic heterocycles. The van der Waals surface area contributed by atoms with Crippen molar-refractivity contribution in [1.82, 2.24) is 25.3 Å². The molecule has 0 aliphatic carbocycles. The van der Waals surface area contributed by atoms with Crippen molar-refractivity contribution in [2.75, 3.05) is 32.7 Å². The maximum atomic E-state index is 12.3. The third kappa shape index (κ3) is 4.55. The number of carbonyl (C=O) groups is 1. The second kappa shape index (κ2) is 8.67. The SMILES string of the molecule is Cc1nc(CN2CCN(C(=O)C3CCCN3)CC2)no1.Cl.Cl. The van der Waals surface area contributed by atoms with Gasteiger partial charge in [0.15, 0.2) is 5.82 Å². The average Bonchev–Trinajstić information content (AvgIpc) is 3.11. The Morgan fingerprint density at radius 1 is 1.32 bits per heavy atom. The molecule has 1 aromatic rings. The molecule has 7 nitrogen and oxygen atoms in total. The van der Waals surface area contributed by atoms with Crippen molar-refractivity contribution in [3.8, 4) is 0 Å². The van der Waals surface area contributed by atoms with Crippen molar-refractivity contribution in [3.05, 3.63) is 11.7 Å². The number of nitrogens with zero attached hydrogens (tertiary/aromatic N) is 4. The zero-order valence-corrected chi connectivity index (χ0v) is 14.3. The number of piperazine rings is 1. The highest BCUT2D eigenvalue weighted by atomic mass is 35.5. The maximum Gasteiger partial charge on any atom is 0.239 e. The van der Waals surface area contributed by atoms with Crippen LogP contribution in [0.4, 0.5) is 0 Å². The lowest BCUT2D eigenvalue weighted by atomic mass is 10.2. The molecule has 9 heteroatoms. The summed E-state index contributed by atoms with van der Waals surface area (Å²) in [6, 6.07) is 0.0430. The fourth-order valence-corrected chi connectivity index (χ4v) is 2.85. The van der Waals surface area contributed by atoms with Crippen molar-refractivity contribution >= 4 is 30.7 Å². The van der Waals surface area contributed by atoms with Crippen LogP contribution in [-0.2, 0) is 11.3 Å². The Morgan fingerprint density at radius 2 is 2.05 bits per heavy atom. The van der Waals surface area contributed by atoms with Crippen LogP contribution in [0.25, 0.3) is 0 Å². The second-order valence-corrected chi connectivity index (χ2v) is 5.48. The fourth-order valence-electron chi connectivity index (χ4n) is 2.85. The lowest BCUT2D eigenvalue weighted by molar-refractivity contribution is -0.134. The molecule has 0 radical (unpaired) electrons. The molecule has 0 saturated carbocycles. The van der Waals surface area contributed by atoms with Gasteiger partial charge in [-0.05, 0) is 19.4 Å².